The smallest absolute Gasteiger partial charge is 0.312 e. The zero-order chi connectivity index (χ0) is 43.7. The number of aliphatic hydroxyl groups is 2. The Morgan fingerprint density at radius 1 is 0.949 bits per heavy atom. The second kappa shape index (κ2) is 18.0. The van der Waals surface area contributed by atoms with Gasteiger partial charge in [-0.2, -0.15) is 5.10 Å². The molecule has 4 aliphatic rings. The van der Waals surface area contributed by atoms with Crippen molar-refractivity contribution in [3.8, 4) is 23.0 Å². The fourth-order valence-electron chi connectivity index (χ4n) is 7.92. The monoisotopic (exact) mass is 821 g/mol. The Hall–Kier alpha value is -5.16. The van der Waals surface area contributed by atoms with Crippen LogP contribution in [0.25, 0.3) is 10.8 Å². The van der Waals surface area contributed by atoms with Crippen molar-refractivity contribution in [3.63, 3.8) is 0 Å². The molecule has 16 nitrogen and oxygen atoms in total. The van der Waals surface area contributed by atoms with Crippen molar-refractivity contribution in [2.75, 3.05) is 45.7 Å². The number of benzene rings is 2. The highest BCUT2D eigenvalue weighted by molar-refractivity contribution is 6.23. The van der Waals surface area contributed by atoms with E-state index in [-0.39, 0.29) is 44.5 Å². The molecule has 0 aromatic heterocycles. The van der Waals surface area contributed by atoms with Crippen LogP contribution in [0.5, 0.6) is 23.0 Å². The summed E-state index contributed by atoms with van der Waals surface area (Å²) in [6.45, 7) is 15.1. The van der Waals surface area contributed by atoms with Crippen molar-refractivity contribution in [3.05, 3.63) is 52.8 Å². The Balaban J connectivity index is 1.70. The number of aliphatic hydroxyl groups excluding tert-OH is 2. The third kappa shape index (κ3) is 8.91. The summed E-state index contributed by atoms with van der Waals surface area (Å²) in [5, 5.41) is 66.8. The number of allylic oxidation sites excluding steroid dienone is 2. The van der Waals surface area contributed by atoms with Crippen LogP contribution in [0.3, 0.4) is 0 Å². The molecule has 1 saturated heterocycles. The maximum Gasteiger partial charge on any atom is 0.312 e. The molecule has 0 unspecified atom stereocenters. The van der Waals surface area contributed by atoms with Crippen LogP contribution in [-0.2, 0) is 23.8 Å². The molecule has 2 aromatic rings. The van der Waals surface area contributed by atoms with Crippen molar-refractivity contribution in [1.82, 2.24) is 9.91 Å². The lowest BCUT2D eigenvalue weighted by atomic mass is 9.78. The number of nitrogens with one attached hydrogen (secondary N) is 1. The summed E-state index contributed by atoms with van der Waals surface area (Å²) in [5.41, 5.74) is -0.350. The third-order valence-electron chi connectivity index (χ3n) is 11.9. The topological polar surface area (TPSA) is 220 Å². The largest absolute Gasteiger partial charge is 0.507 e. The van der Waals surface area contributed by atoms with Gasteiger partial charge in [0.15, 0.2) is 5.75 Å². The molecule has 0 aliphatic carbocycles. The fraction of sp³-hybridized carbons (Fsp3) is 0.535. The summed E-state index contributed by atoms with van der Waals surface area (Å²) in [6.07, 6.45) is 4.86. The highest BCUT2D eigenvalue weighted by Gasteiger charge is 2.50. The van der Waals surface area contributed by atoms with Gasteiger partial charge in [0.1, 0.15) is 23.4 Å². The molecule has 6 rings (SSSR count). The number of ether oxygens (including phenoxy) is 4. The number of methoxy groups -OCH3 is 1. The average molecular weight is 822 g/mol. The van der Waals surface area contributed by atoms with Crippen molar-refractivity contribution < 1.29 is 58.9 Å². The lowest BCUT2D eigenvalue weighted by Crippen LogP contribution is -2.46. The van der Waals surface area contributed by atoms with Crippen molar-refractivity contribution in [1.29, 1.82) is 0 Å². The molecule has 4 aliphatic heterocycles. The Morgan fingerprint density at radius 3 is 2.24 bits per heavy atom. The maximum atomic E-state index is 14.4. The van der Waals surface area contributed by atoms with Crippen molar-refractivity contribution >= 4 is 40.3 Å². The number of amides is 1. The number of piperazine rings is 1. The normalized spacial score (nSPS) is 32.1. The first-order chi connectivity index (χ1) is 27.7. The summed E-state index contributed by atoms with van der Waals surface area (Å²) in [6, 6.07) is 0. The molecule has 5 bridgehead atoms. The van der Waals surface area contributed by atoms with E-state index < -0.39 is 88.8 Å². The quantitative estimate of drug-likeness (QED) is 0.109. The number of likely N-dealkylation sites (N-methyl/N-ethyl adjacent to an activating group) is 1. The number of fused-ring (bicyclic) bond motifs is 14. The minimum Gasteiger partial charge on any atom is -0.507 e. The van der Waals surface area contributed by atoms with Gasteiger partial charge in [-0.3, -0.25) is 19.4 Å². The number of ketones is 1. The molecule has 59 heavy (non-hydrogen) atoms. The van der Waals surface area contributed by atoms with Gasteiger partial charge in [-0.1, -0.05) is 45.9 Å². The number of rotatable bonds is 4. The summed E-state index contributed by atoms with van der Waals surface area (Å²) in [7, 11) is 3.42. The lowest BCUT2D eigenvalue weighted by Gasteiger charge is -2.38. The number of aromatic hydroxyl groups is 3. The van der Waals surface area contributed by atoms with Gasteiger partial charge in [0.25, 0.3) is 11.7 Å². The molecule has 1 amide bonds. The van der Waals surface area contributed by atoms with Crippen molar-refractivity contribution in [2.45, 2.75) is 85.6 Å². The molecule has 6 N–H and O–H groups in total. The van der Waals surface area contributed by atoms with E-state index in [2.05, 4.69) is 15.3 Å². The molecule has 0 radical (unpaired) electrons. The third-order valence-corrected chi connectivity index (χ3v) is 11.9. The minimum atomic E-state index is -2.04. The molecule has 2 aromatic carbocycles. The van der Waals surface area contributed by atoms with Crippen LogP contribution < -0.4 is 10.1 Å². The SMILES string of the molecule is CO[C@H]1/C=C/O[C@@]2(C)Oc3c(C)c(O)c4c(O)c(c(/C=N/N5CCN([11CH3])CC5)c(O)c4c3C2=O)NC(=O)/C(C)=C\C=C\[C@H](C)[C@H](O)[C@@H](C)[C@@H](O)[C@@H](C)[C@H](OC(C)=O)[C@@H]1C. The molecule has 9 atom stereocenters. The van der Waals surface area contributed by atoms with E-state index in [1.807, 2.05) is 7.05 Å². The Morgan fingerprint density at radius 2 is 1.61 bits per heavy atom. The van der Waals surface area contributed by atoms with Gasteiger partial charge < -0.3 is 54.7 Å². The number of Topliss-reactive ketones (excluding diaryl/α,β-unsaturated/α-hetero) is 1. The molecular formula is C43H58N4O12. The van der Waals surface area contributed by atoms with E-state index in [1.165, 1.54) is 59.4 Å². The number of hydrogen-bond acceptors (Lipinski definition) is 15. The number of phenolic OH excluding ortho intramolecular Hbond substituents is 3. The van der Waals surface area contributed by atoms with Gasteiger partial charge in [0.2, 0.25) is 0 Å². The van der Waals surface area contributed by atoms with Gasteiger partial charge in [-0.15, -0.1) is 0 Å². The van der Waals surface area contributed by atoms with Crippen LogP contribution >= 0.6 is 0 Å². The van der Waals surface area contributed by atoms with Crippen LogP contribution in [0.1, 0.15) is 70.0 Å². The van der Waals surface area contributed by atoms with Gasteiger partial charge in [-0.25, -0.2) is 0 Å². The van der Waals surface area contributed by atoms with Gasteiger partial charge in [-0.05, 0) is 27.0 Å². The summed E-state index contributed by atoms with van der Waals surface area (Å²) < 4.78 is 23.6. The molecule has 322 valence electrons. The maximum absolute atomic E-state index is 14.4. The van der Waals surface area contributed by atoms with Crippen LogP contribution in [0, 0.1) is 30.6 Å². The predicted molar refractivity (Wildman–Crippen MR) is 220 cm³/mol. The number of phenols is 3. The first-order valence-corrected chi connectivity index (χ1v) is 19.8. The second-order valence-electron chi connectivity index (χ2n) is 16.1. The highest BCUT2D eigenvalue weighted by Crippen LogP contribution is 2.55. The van der Waals surface area contributed by atoms with Gasteiger partial charge in [0, 0.05) is 87.3 Å². The Labute approximate surface area is 344 Å². The molecular weight excluding hydrogens is 763 g/mol. The van der Waals surface area contributed by atoms with Crippen molar-refractivity contribution in [2.24, 2.45) is 28.8 Å². The first-order valence-electron chi connectivity index (χ1n) is 19.8. The highest BCUT2D eigenvalue weighted by atomic mass is 16.7. The van der Waals surface area contributed by atoms with E-state index in [0.29, 0.717) is 13.1 Å². The number of nitrogens with zero attached hydrogens (tertiary/aromatic N) is 3. The standard InChI is InChI=1S/C43H58N4O12/c1-21-12-11-13-22(2)42(55)45-33-28(20-44-47-17-15-46(9)16-18-47)37(52)30-31(38(33)53)36(51)26(6)40-32(30)41(54)43(8,59-40)57-19-14-29(56-10)23(3)39(58-27(7)48)25(5)35(50)24(4)34(21)49/h11-14,19-21,23-25,29,34-35,39,49-53H,15-18H2,1-10H3,(H,45,55)/b12-11+,19-14+,22-13-,44-20+/t21-,23+,24+,25+,29-,34-,35+,39+,43-/m0/s1/i9-1. The molecule has 1 fully saturated rings. The van der Waals surface area contributed by atoms with Gasteiger partial charge >= 0.3 is 11.8 Å². The van der Waals surface area contributed by atoms with E-state index in [0.717, 1.165) is 13.1 Å². The zero-order valence-corrected chi connectivity index (χ0v) is 35.3. The second-order valence-corrected chi connectivity index (χ2v) is 16.1. The van der Waals surface area contributed by atoms with Crippen LogP contribution in [0.2, 0.25) is 0 Å². The number of carbonyl (C=O) groups excluding carboxylic acids is 3. The number of carbonyl (C=O) groups is 3. The van der Waals surface area contributed by atoms with Gasteiger partial charge in [0.05, 0.1) is 53.0 Å². The molecule has 4 heterocycles. The molecule has 0 saturated carbocycles. The Bertz CT molecular complexity index is 2070. The van der Waals surface area contributed by atoms with Crippen LogP contribution in [-0.4, -0.2) is 130 Å². The summed E-state index contributed by atoms with van der Waals surface area (Å²) in [4.78, 5) is 42.6. The summed E-state index contributed by atoms with van der Waals surface area (Å²) in [5.74, 6) is -8.34. The zero-order valence-electron chi connectivity index (χ0n) is 35.3. The lowest BCUT2D eigenvalue weighted by molar-refractivity contribution is -0.160. The number of anilines is 1. The number of hydrogen-bond donors (Lipinski definition) is 6. The average Bonchev–Trinajstić information content (AvgIpc) is 3.46. The van der Waals surface area contributed by atoms with E-state index in [9.17, 15) is 39.9 Å². The molecule has 16 heteroatoms. The Kier molecular flexibility index (Phi) is 13.7. The predicted octanol–water partition coefficient (Wildman–Crippen LogP) is 4.34. The van der Waals surface area contributed by atoms with Crippen LogP contribution in [0.15, 0.2) is 41.2 Å². The van der Waals surface area contributed by atoms with Crippen LogP contribution in [0.4, 0.5) is 5.69 Å². The summed E-state index contributed by atoms with van der Waals surface area (Å²) >= 11 is 0. The number of esters is 1. The first kappa shape index (κ1) is 44.9. The fourth-order valence-corrected chi connectivity index (χ4v) is 7.92. The number of hydrazone groups is 1. The van der Waals surface area contributed by atoms with E-state index >= 15 is 0 Å². The van der Waals surface area contributed by atoms with E-state index in [4.69, 9.17) is 18.9 Å². The van der Waals surface area contributed by atoms with E-state index in [1.54, 1.807) is 44.9 Å². The molecule has 0 spiro atoms. The minimum absolute atomic E-state index is 0.0559.